The normalized spacial score (nSPS) is 34.8. The van der Waals surface area contributed by atoms with Gasteiger partial charge in [0.2, 0.25) is 0 Å². The SMILES string of the molecule is CNC1CCC(CN2CCCC(F)(F)C2)CC1. The molecule has 4 heteroatoms. The number of likely N-dealkylation sites (tertiary alicyclic amines) is 1. The lowest BCUT2D eigenvalue weighted by atomic mass is 9.85. The minimum Gasteiger partial charge on any atom is -0.317 e. The van der Waals surface area contributed by atoms with Gasteiger partial charge in [0.05, 0.1) is 6.54 Å². The van der Waals surface area contributed by atoms with Crippen LogP contribution in [0.25, 0.3) is 0 Å². The molecule has 2 aliphatic rings. The predicted octanol–water partition coefficient (Wildman–Crippen LogP) is 2.50. The Morgan fingerprint density at radius 3 is 2.53 bits per heavy atom. The van der Waals surface area contributed by atoms with Gasteiger partial charge in [0, 0.05) is 19.0 Å². The van der Waals surface area contributed by atoms with Crippen molar-refractivity contribution in [3.05, 3.63) is 0 Å². The van der Waals surface area contributed by atoms with E-state index in [1.807, 2.05) is 11.9 Å². The van der Waals surface area contributed by atoms with Crippen molar-refractivity contribution in [1.82, 2.24) is 10.2 Å². The third-order valence-corrected chi connectivity index (χ3v) is 4.24. The van der Waals surface area contributed by atoms with Gasteiger partial charge in [0.25, 0.3) is 5.92 Å². The maximum Gasteiger partial charge on any atom is 0.260 e. The molecule has 0 atom stereocenters. The molecule has 1 N–H and O–H groups in total. The lowest BCUT2D eigenvalue weighted by molar-refractivity contribution is -0.0680. The summed E-state index contributed by atoms with van der Waals surface area (Å²) in [6.07, 6.45) is 5.51. The van der Waals surface area contributed by atoms with Gasteiger partial charge in [-0.2, -0.15) is 0 Å². The molecule has 0 amide bonds. The minimum absolute atomic E-state index is 0.0149. The molecule has 0 radical (unpaired) electrons. The number of rotatable bonds is 3. The van der Waals surface area contributed by atoms with Gasteiger partial charge in [-0.1, -0.05) is 0 Å². The third-order valence-electron chi connectivity index (χ3n) is 4.24. The smallest absolute Gasteiger partial charge is 0.260 e. The van der Waals surface area contributed by atoms with E-state index in [9.17, 15) is 8.78 Å². The van der Waals surface area contributed by atoms with E-state index >= 15 is 0 Å². The van der Waals surface area contributed by atoms with Crippen LogP contribution in [0, 0.1) is 5.92 Å². The van der Waals surface area contributed by atoms with Gasteiger partial charge in [0.15, 0.2) is 0 Å². The van der Waals surface area contributed by atoms with Crippen molar-refractivity contribution in [1.29, 1.82) is 0 Å². The molecular formula is C13H24F2N2. The molecular weight excluding hydrogens is 222 g/mol. The highest BCUT2D eigenvalue weighted by Crippen LogP contribution is 2.30. The van der Waals surface area contributed by atoms with E-state index in [0.717, 1.165) is 13.1 Å². The molecule has 0 aromatic rings. The largest absolute Gasteiger partial charge is 0.317 e. The quantitative estimate of drug-likeness (QED) is 0.823. The number of halogens is 2. The first kappa shape index (κ1) is 13.2. The van der Waals surface area contributed by atoms with Crippen molar-refractivity contribution in [2.24, 2.45) is 5.92 Å². The summed E-state index contributed by atoms with van der Waals surface area (Å²) in [4.78, 5) is 1.98. The van der Waals surface area contributed by atoms with Crippen molar-refractivity contribution in [2.75, 3.05) is 26.7 Å². The van der Waals surface area contributed by atoms with Gasteiger partial charge in [-0.3, -0.25) is 4.90 Å². The minimum atomic E-state index is -2.44. The van der Waals surface area contributed by atoms with Crippen LogP contribution in [0.4, 0.5) is 8.78 Å². The zero-order valence-electron chi connectivity index (χ0n) is 10.7. The molecule has 17 heavy (non-hydrogen) atoms. The summed E-state index contributed by atoms with van der Waals surface area (Å²) >= 11 is 0. The van der Waals surface area contributed by atoms with E-state index in [1.165, 1.54) is 25.7 Å². The zero-order chi connectivity index (χ0) is 12.3. The Hall–Kier alpha value is -0.220. The summed E-state index contributed by atoms with van der Waals surface area (Å²) in [6.45, 7) is 1.73. The predicted molar refractivity (Wildman–Crippen MR) is 65.4 cm³/mol. The summed E-state index contributed by atoms with van der Waals surface area (Å²) in [6, 6.07) is 0.647. The van der Waals surface area contributed by atoms with E-state index in [2.05, 4.69) is 5.32 Å². The first-order chi connectivity index (χ1) is 8.09. The molecule has 1 saturated carbocycles. The standard InChI is InChI=1S/C13H24F2N2/c1-16-12-5-3-11(4-6-12)9-17-8-2-7-13(14,15)10-17/h11-12,16H,2-10H2,1H3. The maximum atomic E-state index is 13.3. The molecule has 0 unspecified atom stereocenters. The van der Waals surface area contributed by atoms with Gasteiger partial charge in [-0.05, 0) is 51.6 Å². The van der Waals surface area contributed by atoms with Crippen LogP contribution in [0.2, 0.25) is 0 Å². The lowest BCUT2D eigenvalue weighted by Gasteiger charge is -2.37. The number of nitrogens with zero attached hydrogens (tertiary/aromatic N) is 1. The average molecular weight is 246 g/mol. The summed E-state index contributed by atoms with van der Waals surface area (Å²) in [5, 5.41) is 3.31. The van der Waals surface area contributed by atoms with Crippen LogP contribution in [0.3, 0.4) is 0 Å². The lowest BCUT2D eigenvalue weighted by Crippen LogP contribution is -2.45. The van der Waals surface area contributed by atoms with E-state index in [0.29, 0.717) is 18.4 Å². The second-order valence-electron chi connectivity index (χ2n) is 5.70. The van der Waals surface area contributed by atoms with Crippen LogP contribution in [-0.2, 0) is 0 Å². The molecule has 1 aliphatic carbocycles. The fraction of sp³-hybridized carbons (Fsp3) is 1.00. The molecule has 1 aliphatic heterocycles. The summed E-state index contributed by atoms with van der Waals surface area (Å²) in [7, 11) is 2.01. The average Bonchev–Trinajstić information content (AvgIpc) is 2.29. The highest BCUT2D eigenvalue weighted by atomic mass is 19.3. The van der Waals surface area contributed by atoms with Gasteiger partial charge >= 0.3 is 0 Å². The number of alkyl halides is 2. The molecule has 1 heterocycles. The zero-order valence-corrected chi connectivity index (χ0v) is 10.7. The van der Waals surface area contributed by atoms with Gasteiger partial charge in [0.1, 0.15) is 0 Å². The van der Waals surface area contributed by atoms with E-state index in [4.69, 9.17) is 0 Å². The number of piperidine rings is 1. The molecule has 0 aromatic heterocycles. The first-order valence-electron chi connectivity index (χ1n) is 6.86. The Balaban J connectivity index is 1.74. The highest BCUT2D eigenvalue weighted by molar-refractivity contribution is 4.83. The van der Waals surface area contributed by atoms with Crippen LogP contribution >= 0.6 is 0 Å². The molecule has 0 spiro atoms. The van der Waals surface area contributed by atoms with Crippen molar-refractivity contribution in [3.8, 4) is 0 Å². The van der Waals surface area contributed by atoms with E-state index in [-0.39, 0.29) is 13.0 Å². The third kappa shape index (κ3) is 3.88. The molecule has 0 bridgehead atoms. The van der Waals surface area contributed by atoms with Crippen LogP contribution < -0.4 is 5.32 Å². The Bertz CT molecular complexity index is 238. The van der Waals surface area contributed by atoms with Crippen molar-refractivity contribution in [2.45, 2.75) is 50.5 Å². The Kier molecular flexibility index (Phi) is 4.36. The fourth-order valence-corrected chi connectivity index (χ4v) is 3.20. The van der Waals surface area contributed by atoms with Crippen LogP contribution in [0.5, 0.6) is 0 Å². The number of hydrogen-bond donors (Lipinski definition) is 1. The molecule has 2 nitrogen and oxygen atoms in total. The topological polar surface area (TPSA) is 15.3 Å². The van der Waals surface area contributed by atoms with Gasteiger partial charge in [-0.25, -0.2) is 8.78 Å². The van der Waals surface area contributed by atoms with E-state index < -0.39 is 5.92 Å². The molecule has 1 saturated heterocycles. The summed E-state index contributed by atoms with van der Waals surface area (Å²) < 4.78 is 26.5. The van der Waals surface area contributed by atoms with Gasteiger partial charge in [-0.15, -0.1) is 0 Å². The second-order valence-corrected chi connectivity index (χ2v) is 5.70. The second kappa shape index (κ2) is 5.61. The Labute approximate surface area is 103 Å². The summed E-state index contributed by atoms with van der Waals surface area (Å²) in [5.41, 5.74) is 0. The molecule has 2 fully saturated rings. The van der Waals surface area contributed by atoms with Crippen LogP contribution in [-0.4, -0.2) is 43.5 Å². The van der Waals surface area contributed by atoms with Crippen LogP contribution in [0.15, 0.2) is 0 Å². The van der Waals surface area contributed by atoms with Gasteiger partial charge < -0.3 is 5.32 Å². The Morgan fingerprint density at radius 1 is 1.24 bits per heavy atom. The van der Waals surface area contributed by atoms with Crippen LogP contribution in [0.1, 0.15) is 38.5 Å². The van der Waals surface area contributed by atoms with Crippen molar-refractivity contribution in [3.63, 3.8) is 0 Å². The van der Waals surface area contributed by atoms with Crippen molar-refractivity contribution < 1.29 is 8.78 Å². The molecule has 2 rings (SSSR count). The van der Waals surface area contributed by atoms with Crippen molar-refractivity contribution >= 4 is 0 Å². The van der Waals surface area contributed by atoms with E-state index in [1.54, 1.807) is 0 Å². The Morgan fingerprint density at radius 2 is 1.94 bits per heavy atom. The fourth-order valence-electron chi connectivity index (χ4n) is 3.20. The highest BCUT2D eigenvalue weighted by Gasteiger charge is 2.35. The molecule has 0 aromatic carbocycles. The monoisotopic (exact) mass is 246 g/mol. The maximum absolute atomic E-state index is 13.3. The number of nitrogens with one attached hydrogen (secondary N) is 1. The molecule has 100 valence electrons. The summed E-state index contributed by atoms with van der Waals surface area (Å²) in [5.74, 6) is -1.81. The number of hydrogen-bond acceptors (Lipinski definition) is 2. The first-order valence-corrected chi connectivity index (χ1v) is 6.86.